The Morgan fingerprint density at radius 1 is 1.27 bits per heavy atom. The smallest absolute Gasteiger partial charge is 0.205 e. The molecule has 1 aromatic heterocycles. The lowest BCUT2D eigenvalue weighted by molar-refractivity contribution is -0.0557. The molecular formula is C15H28N4O2S. The summed E-state index contributed by atoms with van der Waals surface area (Å²) in [6.07, 6.45) is 0.639. The quantitative estimate of drug-likeness (QED) is 0.884. The highest BCUT2D eigenvalue weighted by Crippen LogP contribution is 2.19. The molecule has 0 saturated carbocycles. The van der Waals surface area contributed by atoms with Crippen molar-refractivity contribution >= 4 is 16.7 Å². The largest absolute Gasteiger partial charge is 0.389 e. The van der Waals surface area contributed by atoms with Crippen LogP contribution in [0.2, 0.25) is 0 Å². The fraction of sp³-hybridized carbons (Fsp3) is 0.867. The van der Waals surface area contributed by atoms with Crippen molar-refractivity contribution in [3.05, 3.63) is 5.82 Å². The highest BCUT2D eigenvalue weighted by molar-refractivity contribution is 7.09. The summed E-state index contributed by atoms with van der Waals surface area (Å²) < 4.78 is 9.91. The van der Waals surface area contributed by atoms with Gasteiger partial charge in [-0.1, -0.05) is 0 Å². The second-order valence-corrected chi connectivity index (χ2v) is 7.57. The molecule has 7 heteroatoms. The van der Waals surface area contributed by atoms with Crippen LogP contribution in [0, 0.1) is 6.92 Å². The fourth-order valence-electron chi connectivity index (χ4n) is 2.46. The van der Waals surface area contributed by atoms with Gasteiger partial charge in [0.2, 0.25) is 5.13 Å². The molecule has 0 bridgehead atoms. The van der Waals surface area contributed by atoms with Crippen molar-refractivity contribution in [2.45, 2.75) is 45.8 Å². The van der Waals surface area contributed by atoms with Crippen LogP contribution in [0.4, 0.5) is 5.13 Å². The number of anilines is 1. The topological polar surface area (TPSA) is 61.7 Å². The first kappa shape index (κ1) is 17.6. The molecule has 0 aliphatic carbocycles. The van der Waals surface area contributed by atoms with Gasteiger partial charge in [-0.15, -0.1) is 0 Å². The summed E-state index contributed by atoms with van der Waals surface area (Å²) in [5, 5.41) is 11.2. The van der Waals surface area contributed by atoms with Crippen molar-refractivity contribution in [2.24, 2.45) is 0 Å². The molecule has 1 N–H and O–H groups in total. The third-order valence-electron chi connectivity index (χ3n) is 3.55. The van der Waals surface area contributed by atoms with Gasteiger partial charge in [0.25, 0.3) is 0 Å². The lowest BCUT2D eigenvalue weighted by Crippen LogP contribution is -2.39. The monoisotopic (exact) mass is 328 g/mol. The van der Waals surface area contributed by atoms with Crippen LogP contribution in [-0.4, -0.2) is 70.4 Å². The Hall–Kier alpha value is -0.760. The molecule has 0 radical (unpaired) electrons. The van der Waals surface area contributed by atoms with Crippen molar-refractivity contribution in [1.82, 2.24) is 14.3 Å². The minimum absolute atomic E-state index is 0.202. The zero-order valence-corrected chi connectivity index (χ0v) is 14.9. The van der Waals surface area contributed by atoms with E-state index >= 15 is 0 Å². The molecule has 0 amide bonds. The molecule has 0 aromatic carbocycles. The van der Waals surface area contributed by atoms with E-state index in [1.807, 2.05) is 27.7 Å². The van der Waals surface area contributed by atoms with Crippen molar-refractivity contribution in [1.29, 1.82) is 0 Å². The first-order valence-electron chi connectivity index (χ1n) is 7.93. The minimum atomic E-state index is -0.436. The molecule has 1 saturated heterocycles. The number of nitrogens with zero attached hydrogens (tertiary/aromatic N) is 4. The van der Waals surface area contributed by atoms with Crippen LogP contribution in [0.5, 0.6) is 0 Å². The van der Waals surface area contributed by atoms with E-state index in [0.29, 0.717) is 13.2 Å². The Morgan fingerprint density at radius 3 is 2.68 bits per heavy atom. The summed E-state index contributed by atoms with van der Waals surface area (Å²) in [5.74, 6) is 0.843. The molecule has 1 aromatic rings. The van der Waals surface area contributed by atoms with Crippen LogP contribution in [0.25, 0.3) is 0 Å². The molecule has 126 valence electrons. The van der Waals surface area contributed by atoms with Gasteiger partial charge in [-0.2, -0.15) is 4.37 Å². The van der Waals surface area contributed by atoms with Gasteiger partial charge >= 0.3 is 0 Å². The Balaban J connectivity index is 1.78. The maximum atomic E-state index is 10.1. The van der Waals surface area contributed by atoms with Crippen LogP contribution in [0.15, 0.2) is 0 Å². The van der Waals surface area contributed by atoms with Gasteiger partial charge in [0.15, 0.2) is 0 Å². The highest BCUT2D eigenvalue weighted by atomic mass is 32.1. The van der Waals surface area contributed by atoms with E-state index in [2.05, 4.69) is 19.2 Å². The van der Waals surface area contributed by atoms with Crippen LogP contribution < -0.4 is 4.90 Å². The van der Waals surface area contributed by atoms with E-state index in [4.69, 9.17) is 4.74 Å². The third kappa shape index (κ3) is 5.79. The predicted octanol–water partition coefficient (Wildman–Crippen LogP) is 1.53. The van der Waals surface area contributed by atoms with Crippen LogP contribution in [-0.2, 0) is 4.74 Å². The Kier molecular flexibility index (Phi) is 6.14. The van der Waals surface area contributed by atoms with E-state index in [1.165, 1.54) is 11.5 Å². The Labute approximate surface area is 137 Å². The normalized spacial score (nSPS) is 19.2. The molecule has 1 fully saturated rings. The molecule has 22 heavy (non-hydrogen) atoms. The third-order valence-corrected chi connectivity index (χ3v) is 4.42. The molecule has 1 atom stereocenters. The number of hydrogen-bond acceptors (Lipinski definition) is 7. The number of aliphatic hydroxyl groups is 1. The van der Waals surface area contributed by atoms with Gasteiger partial charge in [-0.05, 0) is 40.7 Å². The van der Waals surface area contributed by atoms with Crippen molar-refractivity contribution in [3.8, 4) is 0 Å². The van der Waals surface area contributed by atoms with Crippen molar-refractivity contribution in [3.63, 3.8) is 0 Å². The van der Waals surface area contributed by atoms with Gasteiger partial charge in [-0.25, -0.2) is 4.98 Å². The summed E-state index contributed by atoms with van der Waals surface area (Å²) in [7, 11) is 0. The first-order valence-corrected chi connectivity index (χ1v) is 8.70. The average Bonchev–Trinajstić information content (AvgIpc) is 2.72. The lowest BCUT2D eigenvalue weighted by Gasteiger charge is -2.26. The zero-order valence-electron chi connectivity index (χ0n) is 14.1. The van der Waals surface area contributed by atoms with Crippen molar-refractivity contribution < 1.29 is 9.84 Å². The number of aliphatic hydroxyl groups excluding tert-OH is 1. The Bertz CT molecular complexity index is 461. The number of aryl methyl sites for hydroxylation is 1. The molecular weight excluding hydrogens is 300 g/mol. The average molecular weight is 328 g/mol. The van der Waals surface area contributed by atoms with Crippen LogP contribution in [0.1, 0.15) is 33.0 Å². The van der Waals surface area contributed by atoms with Crippen molar-refractivity contribution in [2.75, 3.05) is 44.2 Å². The second kappa shape index (κ2) is 7.68. The number of hydrogen-bond donors (Lipinski definition) is 1. The molecule has 2 heterocycles. The first-order chi connectivity index (χ1) is 10.3. The summed E-state index contributed by atoms with van der Waals surface area (Å²) in [4.78, 5) is 9.07. The van der Waals surface area contributed by atoms with Gasteiger partial charge in [0.1, 0.15) is 5.82 Å². The summed E-state index contributed by atoms with van der Waals surface area (Å²) >= 11 is 1.47. The standard InChI is InChI=1S/C15H28N4O2S/c1-12-16-14(22-17-12)19-7-5-6-18(8-9-19)10-13(20)11-21-15(2,3)4/h13,20H,5-11H2,1-4H3. The van der Waals surface area contributed by atoms with Gasteiger partial charge < -0.3 is 14.7 Å². The maximum Gasteiger partial charge on any atom is 0.205 e. The van der Waals surface area contributed by atoms with Crippen LogP contribution >= 0.6 is 11.5 Å². The zero-order chi connectivity index (χ0) is 16.2. The van der Waals surface area contributed by atoms with Crippen LogP contribution in [0.3, 0.4) is 0 Å². The summed E-state index contributed by atoms with van der Waals surface area (Å²) in [6.45, 7) is 12.9. The molecule has 2 rings (SSSR count). The SMILES string of the molecule is Cc1nsc(N2CCCN(CC(O)COC(C)(C)C)CC2)n1. The molecule has 6 nitrogen and oxygen atoms in total. The molecule has 1 unspecified atom stereocenters. The predicted molar refractivity (Wildman–Crippen MR) is 89.6 cm³/mol. The number of rotatable bonds is 5. The maximum absolute atomic E-state index is 10.1. The van der Waals surface area contributed by atoms with E-state index in [1.54, 1.807) is 0 Å². The lowest BCUT2D eigenvalue weighted by atomic mass is 10.2. The fourth-order valence-corrected chi connectivity index (χ4v) is 3.18. The summed E-state index contributed by atoms with van der Waals surface area (Å²) in [5.41, 5.74) is -0.202. The van der Waals surface area contributed by atoms with Gasteiger partial charge in [0.05, 0.1) is 18.3 Å². The van der Waals surface area contributed by atoms with E-state index in [-0.39, 0.29) is 5.60 Å². The molecule has 1 aliphatic heterocycles. The Morgan fingerprint density at radius 2 is 2.05 bits per heavy atom. The minimum Gasteiger partial charge on any atom is -0.389 e. The summed E-state index contributed by atoms with van der Waals surface area (Å²) in [6, 6.07) is 0. The van der Waals surface area contributed by atoms with Gasteiger partial charge in [0, 0.05) is 37.7 Å². The van der Waals surface area contributed by atoms with Gasteiger partial charge in [-0.3, -0.25) is 4.90 Å². The van der Waals surface area contributed by atoms with E-state index in [0.717, 1.165) is 43.6 Å². The number of β-amino-alcohol motifs (C(OH)–C–C–N with tert-alkyl or cyclic N) is 1. The number of aromatic nitrogens is 2. The number of ether oxygens (including phenoxy) is 1. The second-order valence-electron chi connectivity index (χ2n) is 6.84. The highest BCUT2D eigenvalue weighted by Gasteiger charge is 2.20. The molecule has 0 spiro atoms. The molecule has 1 aliphatic rings. The van der Waals surface area contributed by atoms with E-state index in [9.17, 15) is 5.11 Å². The van der Waals surface area contributed by atoms with E-state index < -0.39 is 6.10 Å².